The minimum absolute atomic E-state index is 0.224. The van der Waals surface area contributed by atoms with Gasteiger partial charge in [-0.15, -0.1) is 11.3 Å². The zero-order valence-electron chi connectivity index (χ0n) is 11.2. The van der Waals surface area contributed by atoms with E-state index >= 15 is 0 Å². The van der Waals surface area contributed by atoms with Crippen LogP contribution >= 0.6 is 22.9 Å². The Kier molecular flexibility index (Phi) is 4.10. The molecule has 1 heterocycles. The van der Waals surface area contributed by atoms with Crippen LogP contribution in [0.1, 0.15) is 32.5 Å². The van der Waals surface area contributed by atoms with Crippen molar-refractivity contribution in [2.75, 3.05) is 7.05 Å². The second kappa shape index (κ2) is 5.43. The SMILES string of the molecule is CNC(c1cc(Cl)ccc1C)c1sc(C)cc1C. The molecule has 0 aliphatic carbocycles. The Morgan fingerprint density at radius 2 is 1.83 bits per heavy atom. The van der Waals surface area contributed by atoms with Gasteiger partial charge in [-0.3, -0.25) is 0 Å². The van der Waals surface area contributed by atoms with E-state index in [1.165, 1.54) is 26.4 Å². The number of aryl methyl sites for hydroxylation is 3. The molecule has 0 spiro atoms. The molecule has 0 amide bonds. The van der Waals surface area contributed by atoms with Crippen LogP contribution in [0.3, 0.4) is 0 Å². The highest BCUT2D eigenvalue weighted by Crippen LogP contribution is 2.34. The second-order valence-corrected chi connectivity index (χ2v) is 6.35. The normalized spacial score (nSPS) is 12.7. The number of benzene rings is 1. The average molecular weight is 280 g/mol. The predicted octanol–water partition coefficient (Wildman–Crippen LogP) is 4.64. The molecule has 3 heteroatoms. The summed E-state index contributed by atoms with van der Waals surface area (Å²) in [5.74, 6) is 0. The summed E-state index contributed by atoms with van der Waals surface area (Å²) >= 11 is 7.98. The van der Waals surface area contributed by atoms with Gasteiger partial charge in [0.1, 0.15) is 0 Å². The molecule has 2 aromatic rings. The van der Waals surface area contributed by atoms with E-state index in [0.717, 1.165) is 5.02 Å². The fourth-order valence-corrected chi connectivity index (χ4v) is 3.64. The van der Waals surface area contributed by atoms with E-state index in [1.807, 2.05) is 24.5 Å². The molecule has 0 radical (unpaired) electrons. The van der Waals surface area contributed by atoms with Crippen molar-refractivity contribution in [3.8, 4) is 0 Å². The molecule has 18 heavy (non-hydrogen) atoms. The van der Waals surface area contributed by atoms with Gasteiger partial charge in [-0.1, -0.05) is 17.7 Å². The molecular weight excluding hydrogens is 262 g/mol. The molecule has 0 aliphatic heterocycles. The molecule has 1 N–H and O–H groups in total. The maximum absolute atomic E-state index is 6.13. The van der Waals surface area contributed by atoms with Gasteiger partial charge < -0.3 is 5.32 Å². The lowest BCUT2D eigenvalue weighted by atomic mass is 9.98. The van der Waals surface area contributed by atoms with Crippen LogP contribution in [-0.2, 0) is 0 Å². The number of halogens is 1. The molecule has 96 valence electrons. The number of rotatable bonds is 3. The van der Waals surface area contributed by atoms with Gasteiger partial charge >= 0.3 is 0 Å². The molecule has 1 aromatic carbocycles. The van der Waals surface area contributed by atoms with Gasteiger partial charge in [0.15, 0.2) is 0 Å². The Morgan fingerprint density at radius 3 is 2.39 bits per heavy atom. The van der Waals surface area contributed by atoms with Crippen LogP contribution in [0.4, 0.5) is 0 Å². The van der Waals surface area contributed by atoms with E-state index in [-0.39, 0.29) is 6.04 Å². The van der Waals surface area contributed by atoms with Crippen LogP contribution in [0.2, 0.25) is 5.02 Å². The summed E-state index contributed by atoms with van der Waals surface area (Å²) in [4.78, 5) is 2.72. The zero-order chi connectivity index (χ0) is 13.3. The van der Waals surface area contributed by atoms with E-state index in [0.29, 0.717) is 0 Å². The summed E-state index contributed by atoms with van der Waals surface area (Å²) in [5.41, 5.74) is 3.87. The first-order valence-electron chi connectivity index (χ1n) is 6.03. The summed E-state index contributed by atoms with van der Waals surface area (Å²) in [6.45, 7) is 6.45. The van der Waals surface area contributed by atoms with Crippen LogP contribution < -0.4 is 5.32 Å². The van der Waals surface area contributed by atoms with E-state index in [9.17, 15) is 0 Å². The van der Waals surface area contributed by atoms with Crippen molar-refractivity contribution in [2.24, 2.45) is 0 Å². The van der Waals surface area contributed by atoms with Crippen LogP contribution in [0.15, 0.2) is 24.3 Å². The summed E-state index contributed by atoms with van der Waals surface area (Å²) in [7, 11) is 2.00. The highest BCUT2D eigenvalue weighted by atomic mass is 35.5. The molecule has 1 aromatic heterocycles. The van der Waals surface area contributed by atoms with Crippen molar-refractivity contribution in [3.63, 3.8) is 0 Å². The van der Waals surface area contributed by atoms with Gasteiger partial charge in [-0.25, -0.2) is 0 Å². The van der Waals surface area contributed by atoms with Crippen molar-refractivity contribution in [2.45, 2.75) is 26.8 Å². The number of hydrogen-bond donors (Lipinski definition) is 1. The summed E-state index contributed by atoms with van der Waals surface area (Å²) in [6, 6.07) is 8.55. The van der Waals surface area contributed by atoms with Gasteiger partial charge in [0.2, 0.25) is 0 Å². The average Bonchev–Trinajstić information content (AvgIpc) is 2.64. The van der Waals surface area contributed by atoms with Crippen molar-refractivity contribution in [3.05, 3.63) is 55.7 Å². The van der Waals surface area contributed by atoms with Gasteiger partial charge in [0.05, 0.1) is 6.04 Å². The van der Waals surface area contributed by atoms with E-state index < -0.39 is 0 Å². The lowest BCUT2D eigenvalue weighted by Gasteiger charge is -2.19. The molecule has 0 bridgehead atoms. The number of thiophene rings is 1. The zero-order valence-corrected chi connectivity index (χ0v) is 12.7. The fraction of sp³-hybridized carbons (Fsp3) is 0.333. The monoisotopic (exact) mass is 279 g/mol. The van der Waals surface area contributed by atoms with Crippen LogP contribution in [0.5, 0.6) is 0 Å². The molecule has 0 saturated heterocycles. The summed E-state index contributed by atoms with van der Waals surface area (Å²) in [6.07, 6.45) is 0. The molecule has 1 atom stereocenters. The van der Waals surface area contributed by atoms with E-state index in [4.69, 9.17) is 11.6 Å². The van der Waals surface area contributed by atoms with Gasteiger partial charge in [-0.05, 0) is 62.7 Å². The Bertz CT molecular complexity index is 560. The lowest BCUT2D eigenvalue weighted by molar-refractivity contribution is 0.696. The number of hydrogen-bond acceptors (Lipinski definition) is 2. The molecule has 2 rings (SSSR count). The smallest absolute Gasteiger partial charge is 0.0674 e. The maximum atomic E-state index is 6.13. The standard InChI is InChI=1S/C15H18ClNS/c1-9-5-6-12(16)8-13(9)14(17-4)15-10(2)7-11(3)18-15/h5-8,14,17H,1-4H3. The van der Waals surface area contributed by atoms with Crippen LogP contribution in [0, 0.1) is 20.8 Å². The lowest BCUT2D eigenvalue weighted by Crippen LogP contribution is -2.18. The molecule has 0 fully saturated rings. The molecule has 1 nitrogen and oxygen atoms in total. The molecule has 1 unspecified atom stereocenters. The topological polar surface area (TPSA) is 12.0 Å². The molecule has 0 aliphatic rings. The number of nitrogens with one attached hydrogen (secondary N) is 1. The third-order valence-corrected chi connectivity index (χ3v) is 4.64. The van der Waals surface area contributed by atoms with Gasteiger partial charge in [0, 0.05) is 14.8 Å². The Morgan fingerprint density at radius 1 is 1.11 bits per heavy atom. The Labute approximate surface area is 118 Å². The first-order valence-corrected chi connectivity index (χ1v) is 7.22. The summed E-state index contributed by atoms with van der Waals surface area (Å²) in [5, 5.41) is 4.20. The van der Waals surface area contributed by atoms with E-state index in [2.05, 4.69) is 44.3 Å². The Balaban J connectivity index is 2.51. The third kappa shape index (κ3) is 2.61. The maximum Gasteiger partial charge on any atom is 0.0674 e. The van der Waals surface area contributed by atoms with Crippen molar-refractivity contribution >= 4 is 22.9 Å². The molecular formula is C15H18ClNS. The van der Waals surface area contributed by atoms with Crippen LogP contribution in [0.25, 0.3) is 0 Å². The minimum Gasteiger partial charge on any atom is -0.309 e. The molecule has 0 saturated carbocycles. The largest absolute Gasteiger partial charge is 0.309 e. The second-order valence-electron chi connectivity index (χ2n) is 4.63. The first kappa shape index (κ1) is 13.6. The highest BCUT2D eigenvalue weighted by Gasteiger charge is 2.18. The summed E-state index contributed by atoms with van der Waals surface area (Å²) < 4.78 is 0. The van der Waals surface area contributed by atoms with Crippen molar-refractivity contribution in [1.29, 1.82) is 0 Å². The highest BCUT2D eigenvalue weighted by molar-refractivity contribution is 7.12. The van der Waals surface area contributed by atoms with Gasteiger partial charge in [0.25, 0.3) is 0 Å². The Hall–Kier alpha value is -0.830. The minimum atomic E-state index is 0.224. The third-order valence-electron chi connectivity index (χ3n) is 3.18. The predicted molar refractivity (Wildman–Crippen MR) is 80.9 cm³/mol. The van der Waals surface area contributed by atoms with Crippen molar-refractivity contribution < 1.29 is 0 Å². The van der Waals surface area contributed by atoms with Crippen LogP contribution in [-0.4, -0.2) is 7.05 Å². The quantitative estimate of drug-likeness (QED) is 0.863. The first-order chi connectivity index (χ1) is 8.52. The fourth-order valence-electron chi connectivity index (χ4n) is 2.30. The van der Waals surface area contributed by atoms with Crippen molar-refractivity contribution in [1.82, 2.24) is 5.32 Å². The van der Waals surface area contributed by atoms with E-state index in [1.54, 1.807) is 0 Å². The van der Waals surface area contributed by atoms with Gasteiger partial charge in [-0.2, -0.15) is 0 Å².